The molecule has 17 heavy (non-hydrogen) atoms. The molecular formula is C15H20OS. The van der Waals surface area contributed by atoms with Crippen LogP contribution in [-0.4, -0.2) is 11.5 Å². The Morgan fingerprint density at radius 3 is 3.00 bits per heavy atom. The average Bonchev–Trinajstić information content (AvgIpc) is 2.73. The Labute approximate surface area is 108 Å². The van der Waals surface area contributed by atoms with E-state index in [2.05, 4.69) is 31.2 Å². The molecule has 2 rings (SSSR count). The van der Waals surface area contributed by atoms with Gasteiger partial charge >= 0.3 is 0 Å². The largest absolute Gasteiger partial charge is 0.300 e. The minimum atomic E-state index is 0.437. The molecule has 1 aliphatic heterocycles. The fraction of sp³-hybridized carbons (Fsp3) is 0.533. The smallest absolute Gasteiger partial charge is 0.132 e. The van der Waals surface area contributed by atoms with Gasteiger partial charge in [0.25, 0.3) is 0 Å². The third kappa shape index (κ3) is 3.35. The second kappa shape index (κ2) is 6.25. The van der Waals surface area contributed by atoms with Gasteiger partial charge in [-0.2, -0.15) is 0 Å². The zero-order chi connectivity index (χ0) is 12.1. The van der Waals surface area contributed by atoms with Crippen LogP contribution in [-0.2, 0) is 4.79 Å². The van der Waals surface area contributed by atoms with Gasteiger partial charge in [0.15, 0.2) is 0 Å². The summed E-state index contributed by atoms with van der Waals surface area (Å²) in [5.74, 6) is 2.30. The van der Waals surface area contributed by atoms with Gasteiger partial charge in [0.05, 0.1) is 0 Å². The summed E-state index contributed by atoms with van der Waals surface area (Å²) in [5.41, 5.74) is 1.50. The van der Waals surface area contributed by atoms with Crippen molar-refractivity contribution in [3.05, 3.63) is 29.8 Å². The first-order valence-electron chi connectivity index (χ1n) is 6.54. The number of ketones is 1. The summed E-state index contributed by atoms with van der Waals surface area (Å²) < 4.78 is 0. The van der Waals surface area contributed by atoms with E-state index in [1.807, 2.05) is 11.8 Å². The fourth-order valence-electron chi connectivity index (χ4n) is 2.42. The number of rotatable bonds is 6. The zero-order valence-corrected chi connectivity index (χ0v) is 11.3. The minimum absolute atomic E-state index is 0.437. The molecule has 92 valence electrons. The van der Waals surface area contributed by atoms with E-state index in [1.54, 1.807) is 0 Å². The van der Waals surface area contributed by atoms with Gasteiger partial charge < -0.3 is 0 Å². The topological polar surface area (TPSA) is 17.1 Å². The van der Waals surface area contributed by atoms with Crippen LogP contribution in [0.5, 0.6) is 0 Å². The van der Waals surface area contributed by atoms with Crippen LogP contribution in [0, 0.1) is 0 Å². The van der Waals surface area contributed by atoms with Crippen molar-refractivity contribution in [2.45, 2.75) is 49.8 Å². The van der Waals surface area contributed by atoms with Gasteiger partial charge in [-0.15, -0.1) is 11.8 Å². The third-order valence-electron chi connectivity index (χ3n) is 3.34. The first kappa shape index (κ1) is 12.7. The molecular weight excluding hydrogens is 228 g/mol. The summed E-state index contributed by atoms with van der Waals surface area (Å²) in [6.07, 6.45) is 4.74. The summed E-state index contributed by atoms with van der Waals surface area (Å²) in [6, 6.07) is 8.69. The standard InChI is InChI=1S/C15H20OS/c1-2-6-13(16)8-5-7-12-11-17-15-10-4-3-9-14(12)15/h3-4,9-10,12H,2,5-8,11H2,1H3. The molecule has 0 aromatic heterocycles. The van der Waals surface area contributed by atoms with Crippen LogP contribution >= 0.6 is 11.8 Å². The van der Waals surface area contributed by atoms with Gasteiger partial charge in [0, 0.05) is 23.5 Å². The lowest BCUT2D eigenvalue weighted by Crippen LogP contribution is -2.01. The molecule has 1 heterocycles. The van der Waals surface area contributed by atoms with Crippen LogP contribution in [0.25, 0.3) is 0 Å². The zero-order valence-electron chi connectivity index (χ0n) is 10.4. The normalized spacial score (nSPS) is 18.1. The lowest BCUT2D eigenvalue weighted by atomic mass is 9.94. The van der Waals surface area contributed by atoms with Crippen LogP contribution in [0.15, 0.2) is 29.2 Å². The summed E-state index contributed by atoms with van der Waals surface area (Å²) >= 11 is 1.96. The number of hydrogen-bond donors (Lipinski definition) is 0. The van der Waals surface area contributed by atoms with Gasteiger partial charge in [-0.3, -0.25) is 4.79 Å². The first-order chi connectivity index (χ1) is 8.31. The van der Waals surface area contributed by atoms with E-state index in [0.29, 0.717) is 11.7 Å². The van der Waals surface area contributed by atoms with Crippen LogP contribution in [0.3, 0.4) is 0 Å². The Balaban J connectivity index is 1.80. The van der Waals surface area contributed by atoms with Crippen LogP contribution < -0.4 is 0 Å². The van der Waals surface area contributed by atoms with Gasteiger partial charge in [0.1, 0.15) is 5.78 Å². The number of Topliss-reactive ketones (excluding diaryl/α,β-unsaturated/α-hetero) is 1. The third-order valence-corrected chi connectivity index (χ3v) is 4.59. The Kier molecular flexibility index (Phi) is 4.66. The minimum Gasteiger partial charge on any atom is -0.300 e. The summed E-state index contributed by atoms with van der Waals surface area (Å²) in [6.45, 7) is 2.07. The lowest BCUT2D eigenvalue weighted by Gasteiger charge is -2.09. The van der Waals surface area contributed by atoms with Crippen molar-refractivity contribution in [3.8, 4) is 0 Å². The van der Waals surface area contributed by atoms with Crippen molar-refractivity contribution in [1.29, 1.82) is 0 Å². The monoisotopic (exact) mass is 248 g/mol. The van der Waals surface area contributed by atoms with Crippen molar-refractivity contribution < 1.29 is 4.79 Å². The van der Waals surface area contributed by atoms with Crippen molar-refractivity contribution in [2.75, 3.05) is 5.75 Å². The molecule has 0 radical (unpaired) electrons. The van der Waals surface area contributed by atoms with Crippen LogP contribution in [0.4, 0.5) is 0 Å². The quantitative estimate of drug-likeness (QED) is 0.741. The molecule has 1 atom stereocenters. The Bertz CT molecular complexity index is 386. The Morgan fingerprint density at radius 1 is 1.35 bits per heavy atom. The summed E-state index contributed by atoms with van der Waals surface area (Å²) in [4.78, 5) is 12.9. The maximum absolute atomic E-state index is 11.5. The number of carbonyl (C=O) groups excluding carboxylic acids is 1. The van der Waals surface area contributed by atoms with E-state index in [9.17, 15) is 4.79 Å². The SMILES string of the molecule is CCCC(=O)CCCC1CSc2ccccc21. The molecule has 0 fully saturated rings. The predicted molar refractivity (Wildman–Crippen MR) is 73.7 cm³/mol. The van der Waals surface area contributed by atoms with E-state index < -0.39 is 0 Å². The first-order valence-corrected chi connectivity index (χ1v) is 7.53. The highest BCUT2D eigenvalue weighted by Gasteiger charge is 2.22. The van der Waals surface area contributed by atoms with E-state index >= 15 is 0 Å². The second-order valence-electron chi connectivity index (χ2n) is 4.73. The van der Waals surface area contributed by atoms with Gasteiger partial charge in [0.2, 0.25) is 0 Å². The molecule has 0 saturated carbocycles. The molecule has 0 saturated heterocycles. The molecule has 0 amide bonds. The van der Waals surface area contributed by atoms with Crippen molar-refractivity contribution >= 4 is 17.5 Å². The van der Waals surface area contributed by atoms with E-state index in [-0.39, 0.29) is 0 Å². The molecule has 1 aromatic carbocycles. The molecule has 1 aromatic rings. The highest BCUT2D eigenvalue weighted by Crippen LogP contribution is 2.41. The molecule has 1 unspecified atom stereocenters. The van der Waals surface area contributed by atoms with Crippen molar-refractivity contribution in [2.24, 2.45) is 0 Å². The number of hydrogen-bond acceptors (Lipinski definition) is 2. The van der Waals surface area contributed by atoms with E-state index in [0.717, 1.165) is 25.7 Å². The number of benzene rings is 1. The average molecular weight is 248 g/mol. The maximum Gasteiger partial charge on any atom is 0.132 e. The molecule has 0 N–H and O–H groups in total. The molecule has 0 spiro atoms. The lowest BCUT2D eigenvalue weighted by molar-refractivity contribution is -0.119. The summed E-state index contributed by atoms with van der Waals surface area (Å²) in [7, 11) is 0. The van der Waals surface area contributed by atoms with Crippen molar-refractivity contribution in [3.63, 3.8) is 0 Å². The number of fused-ring (bicyclic) bond motifs is 1. The predicted octanol–water partition coefficient (Wildman–Crippen LogP) is 4.42. The number of carbonyl (C=O) groups is 1. The molecule has 1 aliphatic rings. The van der Waals surface area contributed by atoms with Crippen molar-refractivity contribution in [1.82, 2.24) is 0 Å². The molecule has 0 aliphatic carbocycles. The Morgan fingerprint density at radius 2 is 2.18 bits per heavy atom. The second-order valence-corrected chi connectivity index (χ2v) is 5.79. The molecule has 2 heteroatoms. The summed E-state index contributed by atoms with van der Waals surface area (Å²) in [5, 5.41) is 0. The fourth-order valence-corrected chi connectivity index (χ4v) is 3.72. The molecule has 1 nitrogen and oxygen atoms in total. The van der Waals surface area contributed by atoms with Gasteiger partial charge in [-0.05, 0) is 36.8 Å². The highest BCUT2D eigenvalue weighted by atomic mass is 32.2. The Hall–Kier alpha value is -0.760. The van der Waals surface area contributed by atoms with Gasteiger partial charge in [-0.25, -0.2) is 0 Å². The number of thioether (sulfide) groups is 1. The van der Waals surface area contributed by atoms with Crippen LogP contribution in [0.2, 0.25) is 0 Å². The molecule has 0 bridgehead atoms. The van der Waals surface area contributed by atoms with Crippen LogP contribution in [0.1, 0.15) is 50.5 Å². The van der Waals surface area contributed by atoms with Gasteiger partial charge in [-0.1, -0.05) is 25.1 Å². The highest BCUT2D eigenvalue weighted by molar-refractivity contribution is 7.99. The van der Waals surface area contributed by atoms with E-state index in [1.165, 1.54) is 22.6 Å². The maximum atomic E-state index is 11.5. The van der Waals surface area contributed by atoms with E-state index in [4.69, 9.17) is 0 Å².